The van der Waals surface area contributed by atoms with Crippen molar-refractivity contribution in [3.05, 3.63) is 21.9 Å². The van der Waals surface area contributed by atoms with Crippen molar-refractivity contribution in [3.8, 4) is 0 Å². The monoisotopic (exact) mass is 248 g/mol. The Kier molecular flexibility index (Phi) is 6.56. The molecular weight excluding hydrogens is 232 g/mol. The number of amides is 1. The predicted molar refractivity (Wildman–Crippen MR) is 66.9 cm³/mol. The lowest BCUT2D eigenvalue weighted by Crippen LogP contribution is -2.28. The number of halogens is 1. The average molecular weight is 249 g/mol. The van der Waals surface area contributed by atoms with E-state index in [-0.39, 0.29) is 24.4 Å². The number of nitrogens with one attached hydrogen (secondary N) is 1. The summed E-state index contributed by atoms with van der Waals surface area (Å²) in [5.41, 5.74) is 5.57. The van der Waals surface area contributed by atoms with Gasteiger partial charge in [-0.25, -0.2) is 0 Å². The third-order valence-corrected chi connectivity index (χ3v) is 2.85. The Labute approximate surface area is 100 Å². The highest BCUT2D eigenvalue weighted by molar-refractivity contribution is 7.13. The topological polar surface area (TPSA) is 55.1 Å². The lowest BCUT2D eigenvalue weighted by Gasteiger charge is -2.05. The number of hydrogen-bond acceptors (Lipinski definition) is 3. The van der Waals surface area contributed by atoms with Gasteiger partial charge in [0.25, 0.3) is 5.91 Å². The van der Waals surface area contributed by atoms with Gasteiger partial charge in [-0.3, -0.25) is 4.79 Å². The van der Waals surface area contributed by atoms with E-state index in [0.29, 0.717) is 6.54 Å². The molecule has 0 aromatic carbocycles. The lowest BCUT2D eigenvalue weighted by atomic mass is 10.2. The molecule has 3 N–H and O–H groups in total. The molecule has 1 unspecified atom stereocenters. The van der Waals surface area contributed by atoms with Crippen molar-refractivity contribution in [2.24, 2.45) is 5.73 Å². The highest BCUT2D eigenvalue weighted by Crippen LogP contribution is 2.14. The smallest absolute Gasteiger partial charge is 0.261 e. The number of nitrogens with two attached hydrogens (primary N) is 1. The number of carbonyl (C=O) groups excluding carboxylic acids is 1. The second kappa shape index (κ2) is 6.82. The molecule has 1 aromatic rings. The minimum atomic E-state index is 0. The molecule has 0 saturated heterocycles. The van der Waals surface area contributed by atoms with Gasteiger partial charge < -0.3 is 11.1 Å². The van der Waals surface area contributed by atoms with Crippen molar-refractivity contribution in [2.75, 3.05) is 6.54 Å². The largest absolute Gasteiger partial charge is 0.351 e. The SMILES string of the molecule is Cc1ccc(C(=O)NCCC(C)N)s1.Cl. The van der Waals surface area contributed by atoms with Crippen LogP contribution < -0.4 is 11.1 Å². The van der Waals surface area contributed by atoms with Gasteiger partial charge in [0.2, 0.25) is 0 Å². The van der Waals surface area contributed by atoms with Crippen LogP contribution in [0.5, 0.6) is 0 Å². The van der Waals surface area contributed by atoms with Crippen molar-refractivity contribution in [1.82, 2.24) is 5.32 Å². The quantitative estimate of drug-likeness (QED) is 0.856. The summed E-state index contributed by atoms with van der Waals surface area (Å²) < 4.78 is 0. The average Bonchev–Trinajstić information content (AvgIpc) is 2.51. The van der Waals surface area contributed by atoms with E-state index in [0.717, 1.165) is 16.2 Å². The number of carbonyl (C=O) groups is 1. The molecule has 86 valence electrons. The van der Waals surface area contributed by atoms with Gasteiger partial charge in [0.05, 0.1) is 4.88 Å². The van der Waals surface area contributed by atoms with Gasteiger partial charge in [-0.15, -0.1) is 23.7 Å². The fraction of sp³-hybridized carbons (Fsp3) is 0.500. The minimum absolute atomic E-state index is 0. The van der Waals surface area contributed by atoms with E-state index in [4.69, 9.17) is 5.73 Å². The molecule has 0 fully saturated rings. The van der Waals surface area contributed by atoms with E-state index in [9.17, 15) is 4.79 Å². The van der Waals surface area contributed by atoms with E-state index in [1.54, 1.807) is 0 Å². The molecule has 1 heterocycles. The lowest BCUT2D eigenvalue weighted by molar-refractivity contribution is 0.0957. The molecule has 0 radical (unpaired) electrons. The molecule has 0 spiro atoms. The van der Waals surface area contributed by atoms with Gasteiger partial charge in [-0.05, 0) is 32.4 Å². The van der Waals surface area contributed by atoms with Gasteiger partial charge >= 0.3 is 0 Å². The van der Waals surface area contributed by atoms with Crippen LogP contribution in [0.1, 0.15) is 27.9 Å². The molecule has 0 aliphatic heterocycles. The standard InChI is InChI=1S/C10H16N2OS.ClH/c1-7(11)5-6-12-10(13)9-4-3-8(2)14-9;/h3-4,7H,5-6,11H2,1-2H3,(H,12,13);1H. The third kappa shape index (κ3) is 5.16. The summed E-state index contributed by atoms with van der Waals surface area (Å²) in [6.45, 7) is 4.57. The molecule has 0 aliphatic rings. The maximum Gasteiger partial charge on any atom is 0.261 e. The third-order valence-electron chi connectivity index (χ3n) is 1.85. The van der Waals surface area contributed by atoms with Crippen molar-refractivity contribution in [1.29, 1.82) is 0 Å². The first-order chi connectivity index (χ1) is 6.59. The summed E-state index contributed by atoms with van der Waals surface area (Å²) in [5, 5.41) is 2.84. The highest BCUT2D eigenvalue weighted by Gasteiger charge is 2.06. The predicted octanol–water partition coefficient (Wildman–Crippen LogP) is 1.95. The molecule has 1 aromatic heterocycles. The number of hydrogen-bond donors (Lipinski definition) is 2. The first-order valence-electron chi connectivity index (χ1n) is 4.70. The van der Waals surface area contributed by atoms with Crippen LogP contribution in [-0.2, 0) is 0 Å². The molecule has 5 heteroatoms. The van der Waals surface area contributed by atoms with Crippen molar-refractivity contribution >= 4 is 29.7 Å². The Morgan fingerprint density at radius 3 is 2.73 bits per heavy atom. The fourth-order valence-corrected chi connectivity index (χ4v) is 1.84. The minimum Gasteiger partial charge on any atom is -0.351 e. The van der Waals surface area contributed by atoms with E-state index in [2.05, 4.69) is 5.32 Å². The van der Waals surface area contributed by atoms with E-state index in [1.807, 2.05) is 26.0 Å². The normalized spacial score (nSPS) is 11.7. The van der Waals surface area contributed by atoms with Crippen LogP contribution in [0, 0.1) is 6.92 Å². The Hall–Kier alpha value is -0.580. The van der Waals surface area contributed by atoms with E-state index < -0.39 is 0 Å². The van der Waals surface area contributed by atoms with Gasteiger partial charge in [-0.2, -0.15) is 0 Å². The van der Waals surface area contributed by atoms with Crippen LogP contribution in [0.15, 0.2) is 12.1 Å². The highest BCUT2D eigenvalue weighted by atomic mass is 35.5. The molecular formula is C10H17ClN2OS. The Morgan fingerprint density at radius 2 is 2.27 bits per heavy atom. The fourth-order valence-electron chi connectivity index (χ4n) is 1.06. The summed E-state index contributed by atoms with van der Waals surface area (Å²) in [6, 6.07) is 3.94. The number of aryl methyl sites for hydroxylation is 1. The van der Waals surface area contributed by atoms with Gasteiger partial charge in [-0.1, -0.05) is 0 Å². The van der Waals surface area contributed by atoms with Crippen LogP contribution in [0.3, 0.4) is 0 Å². The summed E-state index contributed by atoms with van der Waals surface area (Å²) in [4.78, 5) is 13.4. The Bertz CT molecular complexity index is 312. The summed E-state index contributed by atoms with van der Waals surface area (Å²) in [7, 11) is 0. The molecule has 1 rings (SSSR count). The second-order valence-corrected chi connectivity index (χ2v) is 4.72. The summed E-state index contributed by atoms with van der Waals surface area (Å²) in [6.07, 6.45) is 0.816. The number of rotatable bonds is 4. The van der Waals surface area contributed by atoms with Gasteiger partial charge in [0.1, 0.15) is 0 Å². The zero-order chi connectivity index (χ0) is 10.6. The molecule has 0 aliphatic carbocycles. The molecule has 0 saturated carbocycles. The summed E-state index contributed by atoms with van der Waals surface area (Å²) >= 11 is 1.51. The first-order valence-corrected chi connectivity index (χ1v) is 5.51. The zero-order valence-electron chi connectivity index (χ0n) is 8.95. The van der Waals surface area contributed by atoms with Gasteiger partial charge in [0.15, 0.2) is 0 Å². The molecule has 3 nitrogen and oxygen atoms in total. The maximum absolute atomic E-state index is 11.5. The van der Waals surface area contributed by atoms with Crippen molar-refractivity contribution < 1.29 is 4.79 Å². The van der Waals surface area contributed by atoms with E-state index >= 15 is 0 Å². The summed E-state index contributed by atoms with van der Waals surface area (Å²) in [5.74, 6) is 0.00347. The second-order valence-electron chi connectivity index (χ2n) is 3.43. The van der Waals surface area contributed by atoms with Crippen molar-refractivity contribution in [3.63, 3.8) is 0 Å². The maximum atomic E-state index is 11.5. The van der Waals surface area contributed by atoms with Crippen LogP contribution in [0.4, 0.5) is 0 Å². The Balaban J connectivity index is 0.00000196. The van der Waals surface area contributed by atoms with Crippen LogP contribution in [0.2, 0.25) is 0 Å². The Morgan fingerprint density at radius 1 is 1.60 bits per heavy atom. The first kappa shape index (κ1) is 14.4. The number of thiophene rings is 1. The van der Waals surface area contributed by atoms with Crippen LogP contribution >= 0.6 is 23.7 Å². The molecule has 1 atom stereocenters. The molecule has 0 bridgehead atoms. The van der Waals surface area contributed by atoms with Crippen LogP contribution in [0.25, 0.3) is 0 Å². The molecule has 1 amide bonds. The van der Waals surface area contributed by atoms with Crippen molar-refractivity contribution in [2.45, 2.75) is 26.3 Å². The zero-order valence-corrected chi connectivity index (χ0v) is 10.6. The molecule has 15 heavy (non-hydrogen) atoms. The van der Waals surface area contributed by atoms with Gasteiger partial charge in [0, 0.05) is 17.5 Å². The van der Waals surface area contributed by atoms with Crippen LogP contribution in [-0.4, -0.2) is 18.5 Å². The van der Waals surface area contributed by atoms with E-state index in [1.165, 1.54) is 11.3 Å².